The molecule has 4 nitrogen and oxygen atoms in total. The smallest absolute Gasteiger partial charge is 0.183 e. The highest BCUT2D eigenvalue weighted by Gasteiger charge is 2.14. The Balaban J connectivity index is 1.88. The van der Waals surface area contributed by atoms with Gasteiger partial charge in [0.1, 0.15) is 0 Å². The van der Waals surface area contributed by atoms with Crippen molar-refractivity contribution in [3.05, 3.63) is 84.0 Å². The summed E-state index contributed by atoms with van der Waals surface area (Å²) < 4.78 is 1.85. The number of hydrogen-bond acceptors (Lipinski definition) is 3. The average Bonchev–Trinajstić information content (AvgIpc) is 3.07. The second-order valence-electron chi connectivity index (χ2n) is 6.01. The molecule has 0 amide bonds. The fourth-order valence-corrected chi connectivity index (χ4v) is 3.23. The predicted octanol–water partition coefficient (Wildman–Crippen LogP) is 5.26. The second kappa shape index (κ2) is 5.93. The molecule has 5 heteroatoms. The molecule has 0 aliphatic rings. The van der Waals surface area contributed by atoms with E-state index in [2.05, 4.69) is 28.3 Å². The Labute approximate surface area is 154 Å². The zero-order chi connectivity index (χ0) is 17.5. The van der Waals surface area contributed by atoms with Crippen LogP contribution in [-0.2, 0) is 0 Å². The number of fused-ring (bicyclic) bond motifs is 3. The number of aromatic nitrogens is 4. The molecule has 0 saturated heterocycles. The first-order valence-electron chi connectivity index (χ1n) is 8.25. The normalized spacial score (nSPS) is 11.3. The van der Waals surface area contributed by atoms with Crippen molar-refractivity contribution in [3.8, 4) is 22.5 Å². The Morgan fingerprint density at radius 2 is 1.62 bits per heavy atom. The number of halogens is 1. The predicted molar refractivity (Wildman–Crippen MR) is 104 cm³/mol. The maximum absolute atomic E-state index is 6.06. The first-order valence-corrected chi connectivity index (χ1v) is 8.63. The molecule has 2 aromatic carbocycles. The molecule has 26 heavy (non-hydrogen) atoms. The summed E-state index contributed by atoms with van der Waals surface area (Å²) in [4.78, 5) is 9.25. The lowest BCUT2D eigenvalue weighted by Crippen LogP contribution is -1.98. The summed E-state index contributed by atoms with van der Waals surface area (Å²) in [5, 5.41) is 6.29. The van der Waals surface area contributed by atoms with Crippen LogP contribution < -0.4 is 0 Å². The fraction of sp³-hybridized carbons (Fsp3) is 0. The van der Waals surface area contributed by atoms with Crippen molar-refractivity contribution in [1.29, 1.82) is 0 Å². The van der Waals surface area contributed by atoms with Crippen LogP contribution in [0, 0.1) is 0 Å². The molecule has 0 saturated carbocycles. The number of rotatable bonds is 2. The Hall–Kier alpha value is -3.24. The van der Waals surface area contributed by atoms with E-state index in [1.54, 1.807) is 6.20 Å². The number of benzene rings is 2. The van der Waals surface area contributed by atoms with Crippen molar-refractivity contribution in [2.75, 3.05) is 0 Å². The first-order chi connectivity index (χ1) is 12.8. The Morgan fingerprint density at radius 3 is 2.42 bits per heavy atom. The quantitative estimate of drug-likeness (QED) is 0.433. The van der Waals surface area contributed by atoms with E-state index in [1.165, 1.54) is 0 Å². The molecule has 0 unspecified atom stereocenters. The van der Waals surface area contributed by atoms with Crippen molar-refractivity contribution in [3.63, 3.8) is 0 Å². The van der Waals surface area contributed by atoms with Gasteiger partial charge in [0.2, 0.25) is 0 Å². The Kier molecular flexibility index (Phi) is 3.43. The van der Waals surface area contributed by atoms with E-state index in [4.69, 9.17) is 16.6 Å². The van der Waals surface area contributed by atoms with Crippen molar-refractivity contribution in [2.24, 2.45) is 0 Å². The second-order valence-corrected chi connectivity index (χ2v) is 6.45. The number of pyridine rings is 1. The van der Waals surface area contributed by atoms with E-state index in [9.17, 15) is 0 Å². The minimum Gasteiger partial charge on any atom is -0.235 e. The van der Waals surface area contributed by atoms with Gasteiger partial charge in [0.15, 0.2) is 11.3 Å². The third-order valence-electron chi connectivity index (χ3n) is 4.36. The summed E-state index contributed by atoms with van der Waals surface area (Å²) >= 11 is 6.06. The monoisotopic (exact) mass is 356 g/mol. The van der Waals surface area contributed by atoms with Crippen LogP contribution in [-0.4, -0.2) is 19.6 Å². The highest BCUT2D eigenvalue weighted by Crippen LogP contribution is 2.29. The van der Waals surface area contributed by atoms with Gasteiger partial charge in [-0.05, 0) is 30.3 Å². The molecule has 0 spiro atoms. The van der Waals surface area contributed by atoms with E-state index in [1.807, 2.05) is 59.1 Å². The average molecular weight is 357 g/mol. The van der Waals surface area contributed by atoms with E-state index in [0.29, 0.717) is 10.7 Å². The van der Waals surface area contributed by atoms with Crippen LogP contribution in [0.4, 0.5) is 0 Å². The van der Waals surface area contributed by atoms with E-state index >= 15 is 0 Å². The maximum atomic E-state index is 6.06. The van der Waals surface area contributed by atoms with Crippen LogP contribution in [0.3, 0.4) is 0 Å². The third kappa shape index (κ3) is 2.43. The van der Waals surface area contributed by atoms with Gasteiger partial charge in [-0.2, -0.15) is 0 Å². The first kappa shape index (κ1) is 15.0. The van der Waals surface area contributed by atoms with E-state index < -0.39 is 0 Å². The van der Waals surface area contributed by atoms with E-state index in [0.717, 1.165) is 33.5 Å². The molecule has 0 atom stereocenters. The highest BCUT2D eigenvalue weighted by molar-refractivity contribution is 6.30. The molecular weight excluding hydrogens is 344 g/mol. The molecule has 5 aromatic rings. The summed E-state index contributed by atoms with van der Waals surface area (Å²) in [5.74, 6) is 0. The van der Waals surface area contributed by atoms with Crippen LogP contribution in [0.5, 0.6) is 0 Å². The van der Waals surface area contributed by atoms with Gasteiger partial charge in [0.05, 0.1) is 16.8 Å². The summed E-state index contributed by atoms with van der Waals surface area (Å²) in [6.07, 6.45) is 1.74. The van der Waals surface area contributed by atoms with Gasteiger partial charge >= 0.3 is 0 Å². The molecule has 0 bridgehead atoms. The highest BCUT2D eigenvalue weighted by atomic mass is 35.5. The summed E-state index contributed by atoms with van der Waals surface area (Å²) in [5.41, 5.74) is 5.40. The van der Waals surface area contributed by atoms with Gasteiger partial charge in [-0.15, -0.1) is 5.10 Å². The van der Waals surface area contributed by atoms with Gasteiger partial charge in [0.25, 0.3) is 0 Å². The maximum Gasteiger partial charge on any atom is 0.183 e. The summed E-state index contributed by atoms with van der Waals surface area (Å²) in [6.45, 7) is 0. The van der Waals surface area contributed by atoms with Crippen molar-refractivity contribution in [2.45, 2.75) is 0 Å². The molecular formula is C21H13ClN4. The molecule has 5 rings (SSSR count). The topological polar surface area (TPSA) is 43.1 Å². The van der Waals surface area contributed by atoms with Crippen LogP contribution in [0.25, 0.3) is 39.2 Å². The molecule has 0 aliphatic carbocycles. The Bertz CT molecular complexity index is 1230. The molecule has 0 aliphatic heterocycles. The van der Waals surface area contributed by atoms with Gasteiger partial charge in [-0.3, -0.25) is 0 Å². The lowest BCUT2D eigenvalue weighted by molar-refractivity contribution is 0.958. The van der Waals surface area contributed by atoms with Crippen molar-refractivity contribution >= 4 is 28.3 Å². The summed E-state index contributed by atoms with van der Waals surface area (Å²) in [7, 11) is 0. The minimum absolute atomic E-state index is 0.681. The lowest BCUT2D eigenvalue weighted by Gasteiger charge is -2.09. The van der Waals surface area contributed by atoms with Gasteiger partial charge < -0.3 is 0 Å². The Morgan fingerprint density at radius 1 is 0.808 bits per heavy atom. The van der Waals surface area contributed by atoms with Gasteiger partial charge in [-0.25, -0.2) is 14.5 Å². The zero-order valence-corrected chi connectivity index (χ0v) is 14.4. The standard InChI is InChI=1S/C21H13ClN4/c22-16-10-8-15(9-11-16)19-13-18(14-5-2-1-3-6-14)24-21-17-7-4-12-23-20(17)25-26(19)21/h1-13H. The fourth-order valence-electron chi connectivity index (χ4n) is 3.10. The third-order valence-corrected chi connectivity index (χ3v) is 4.61. The zero-order valence-electron chi connectivity index (χ0n) is 13.7. The van der Waals surface area contributed by atoms with Gasteiger partial charge in [-0.1, -0.05) is 54.1 Å². The molecule has 3 heterocycles. The summed E-state index contributed by atoms with van der Waals surface area (Å²) in [6, 6.07) is 23.8. The van der Waals surface area contributed by atoms with Crippen LogP contribution in [0.2, 0.25) is 5.02 Å². The molecule has 0 fully saturated rings. The lowest BCUT2D eigenvalue weighted by atomic mass is 10.1. The number of nitrogens with zero attached hydrogens (tertiary/aromatic N) is 4. The molecule has 3 aromatic heterocycles. The van der Waals surface area contributed by atoms with Gasteiger partial charge in [0, 0.05) is 22.3 Å². The molecule has 0 radical (unpaired) electrons. The molecule has 124 valence electrons. The van der Waals surface area contributed by atoms with Crippen molar-refractivity contribution < 1.29 is 0 Å². The largest absolute Gasteiger partial charge is 0.235 e. The number of hydrogen-bond donors (Lipinski definition) is 0. The van der Waals surface area contributed by atoms with E-state index in [-0.39, 0.29) is 0 Å². The molecule has 0 N–H and O–H groups in total. The van der Waals surface area contributed by atoms with Crippen LogP contribution in [0.15, 0.2) is 79.0 Å². The minimum atomic E-state index is 0.681. The van der Waals surface area contributed by atoms with Crippen LogP contribution >= 0.6 is 11.6 Å². The van der Waals surface area contributed by atoms with Crippen molar-refractivity contribution in [1.82, 2.24) is 19.6 Å². The van der Waals surface area contributed by atoms with Crippen LogP contribution in [0.1, 0.15) is 0 Å². The SMILES string of the molecule is Clc1ccc(-c2cc(-c3ccccc3)nc3c4cccnc4nn23)cc1.